The smallest absolute Gasteiger partial charge is 0.249 e. The number of benzene rings is 1. The number of anilines is 1. The molecule has 0 bridgehead atoms. The van der Waals surface area contributed by atoms with E-state index < -0.39 is 12.0 Å². The number of nitrogens with two attached hydrogens (primary N) is 1. The van der Waals surface area contributed by atoms with E-state index in [4.69, 9.17) is 10.5 Å². The van der Waals surface area contributed by atoms with Crippen molar-refractivity contribution in [3.8, 4) is 0 Å². The summed E-state index contributed by atoms with van der Waals surface area (Å²) in [6.45, 7) is 5.58. The molecule has 0 aromatic heterocycles. The Morgan fingerprint density at radius 3 is 2.90 bits per heavy atom. The zero-order valence-electron chi connectivity index (χ0n) is 12.7. The Hall–Kier alpha value is -1.59. The molecule has 0 fully saturated rings. The molecule has 5 heteroatoms. The first-order valence-corrected chi connectivity index (χ1v) is 7.45. The number of hydrogen-bond acceptors (Lipinski definition) is 4. The number of nitrogens with zero attached hydrogens (tertiary/aromatic N) is 1. The van der Waals surface area contributed by atoms with E-state index in [0.29, 0.717) is 18.7 Å². The number of aliphatic hydroxyl groups is 1. The lowest BCUT2D eigenvalue weighted by molar-refractivity contribution is 0.00880. The highest BCUT2D eigenvalue weighted by molar-refractivity contribution is 5.96. The van der Waals surface area contributed by atoms with Gasteiger partial charge in [-0.15, -0.1) is 0 Å². The van der Waals surface area contributed by atoms with Gasteiger partial charge >= 0.3 is 0 Å². The second kappa shape index (κ2) is 6.91. The van der Waals surface area contributed by atoms with Crippen LogP contribution < -0.4 is 10.6 Å². The molecular formula is C16H24N2O3. The van der Waals surface area contributed by atoms with Crippen LogP contribution in [0.1, 0.15) is 36.2 Å². The number of rotatable bonds is 6. The zero-order valence-corrected chi connectivity index (χ0v) is 12.7. The number of primary amides is 1. The van der Waals surface area contributed by atoms with Crippen molar-refractivity contribution >= 4 is 11.6 Å². The SMILES string of the molecule is CC(C)OCC(O)CN1CCCc2c(C(N)=O)cccc21. The maximum Gasteiger partial charge on any atom is 0.249 e. The van der Waals surface area contributed by atoms with Gasteiger partial charge in [0.05, 0.1) is 18.8 Å². The number of ether oxygens (including phenoxy) is 1. The van der Waals surface area contributed by atoms with Crippen LogP contribution in [0.5, 0.6) is 0 Å². The third kappa shape index (κ3) is 3.95. The van der Waals surface area contributed by atoms with Gasteiger partial charge in [0.15, 0.2) is 0 Å². The molecule has 0 saturated heterocycles. The minimum atomic E-state index is -0.546. The van der Waals surface area contributed by atoms with Gasteiger partial charge in [0, 0.05) is 24.3 Å². The second-order valence-corrected chi connectivity index (χ2v) is 5.75. The van der Waals surface area contributed by atoms with Crippen molar-refractivity contribution < 1.29 is 14.6 Å². The van der Waals surface area contributed by atoms with Crippen molar-refractivity contribution in [2.75, 3.05) is 24.6 Å². The number of amides is 1. The van der Waals surface area contributed by atoms with E-state index in [1.807, 2.05) is 26.0 Å². The maximum atomic E-state index is 11.5. The van der Waals surface area contributed by atoms with E-state index in [1.54, 1.807) is 6.07 Å². The molecule has 21 heavy (non-hydrogen) atoms. The quantitative estimate of drug-likeness (QED) is 0.829. The molecule has 1 atom stereocenters. The summed E-state index contributed by atoms with van der Waals surface area (Å²) in [5.74, 6) is -0.391. The van der Waals surface area contributed by atoms with Crippen LogP contribution in [-0.2, 0) is 11.2 Å². The summed E-state index contributed by atoms with van der Waals surface area (Å²) in [5, 5.41) is 10.1. The van der Waals surface area contributed by atoms with Gasteiger partial charge in [-0.2, -0.15) is 0 Å². The summed E-state index contributed by atoms with van der Waals surface area (Å²) in [6.07, 6.45) is 1.36. The average molecular weight is 292 g/mol. The van der Waals surface area contributed by atoms with Gasteiger partial charge < -0.3 is 20.5 Å². The second-order valence-electron chi connectivity index (χ2n) is 5.75. The minimum absolute atomic E-state index is 0.106. The molecule has 1 aromatic rings. The van der Waals surface area contributed by atoms with Crippen LogP contribution in [0.25, 0.3) is 0 Å². The lowest BCUT2D eigenvalue weighted by Crippen LogP contribution is -2.39. The van der Waals surface area contributed by atoms with E-state index in [2.05, 4.69) is 4.90 Å². The highest BCUT2D eigenvalue weighted by Crippen LogP contribution is 2.29. The molecule has 2 rings (SSSR count). The summed E-state index contributed by atoms with van der Waals surface area (Å²) >= 11 is 0. The van der Waals surface area contributed by atoms with Gasteiger partial charge in [-0.3, -0.25) is 4.79 Å². The summed E-state index contributed by atoms with van der Waals surface area (Å²) in [4.78, 5) is 13.6. The average Bonchev–Trinajstić information content (AvgIpc) is 2.44. The molecule has 0 aliphatic carbocycles. The maximum absolute atomic E-state index is 11.5. The van der Waals surface area contributed by atoms with Crippen LogP contribution in [-0.4, -0.2) is 42.9 Å². The topological polar surface area (TPSA) is 75.8 Å². The van der Waals surface area contributed by atoms with E-state index in [-0.39, 0.29) is 6.10 Å². The summed E-state index contributed by atoms with van der Waals surface area (Å²) < 4.78 is 5.44. The number of aliphatic hydroxyl groups excluding tert-OH is 1. The fourth-order valence-corrected chi connectivity index (χ4v) is 2.73. The highest BCUT2D eigenvalue weighted by Gasteiger charge is 2.22. The molecule has 0 spiro atoms. The van der Waals surface area contributed by atoms with Crippen molar-refractivity contribution in [3.63, 3.8) is 0 Å². The first-order chi connectivity index (χ1) is 9.99. The molecule has 116 valence electrons. The van der Waals surface area contributed by atoms with Crippen LogP contribution in [0.15, 0.2) is 18.2 Å². The lowest BCUT2D eigenvalue weighted by atomic mass is 9.95. The molecule has 0 saturated carbocycles. The number of carbonyl (C=O) groups is 1. The number of carbonyl (C=O) groups excluding carboxylic acids is 1. The highest BCUT2D eigenvalue weighted by atomic mass is 16.5. The molecular weight excluding hydrogens is 268 g/mol. The van der Waals surface area contributed by atoms with Crippen LogP contribution in [0.2, 0.25) is 0 Å². The summed E-state index contributed by atoms with van der Waals surface area (Å²) in [5.41, 5.74) is 8.02. The largest absolute Gasteiger partial charge is 0.389 e. The Bertz CT molecular complexity index is 502. The minimum Gasteiger partial charge on any atom is -0.389 e. The third-order valence-electron chi connectivity index (χ3n) is 3.67. The standard InChI is InChI=1S/C16H24N2O3/c1-11(2)21-10-12(19)9-18-8-4-6-13-14(16(17)20)5-3-7-15(13)18/h3,5,7,11-12,19H,4,6,8-10H2,1-2H3,(H2,17,20). The van der Waals surface area contributed by atoms with Crippen molar-refractivity contribution in [2.24, 2.45) is 5.73 Å². The molecule has 1 amide bonds. The Morgan fingerprint density at radius 1 is 1.48 bits per heavy atom. The fraction of sp³-hybridized carbons (Fsp3) is 0.562. The van der Waals surface area contributed by atoms with Crippen molar-refractivity contribution in [3.05, 3.63) is 29.3 Å². The molecule has 5 nitrogen and oxygen atoms in total. The molecule has 1 heterocycles. The van der Waals surface area contributed by atoms with Crippen LogP contribution >= 0.6 is 0 Å². The molecule has 0 radical (unpaired) electrons. The van der Waals surface area contributed by atoms with Crippen molar-refractivity contribution in [2.45, 2.75) is 38.9 Å². The van der Waals surface area contributed by atoms with Gasteiger partial charge in [-0.25, -0.2) is 0 Å². The van der Waals surface area contributed by atoms with Crippen LogP contribution in [0.4, 0.5) is 5.69 Å². The predicted molar refractivity (Wildman–Crippen MR) is 82.6 cm³/mol. The Kier molecular flexibility index (Phi) is 5.20. The number of β-amino-alcohol motifs (C(OH)–C–C–N with tert-alkyl or cyclic N) is 1. The first-order valence-electron chi connectivity index (χ1n) is 7.45. The Morgan fingerprint density at radius 2 is 2.24 bits per heavy atom. The molecule has 1 aliphatic rings. The van der Waals surface area contributed by atoms with Crippen LogP contribution in [0.3, 0.4) is 0 Å². The van der Waals surface area contributed by atoms with Gasteiger partial charge in [-0.05, 0) is 44.4 Å². The molecule has 1 aromatic carbocycles. The van der Waals surface area contributed by atoms with Crippen molar-refractivity contribution in [1.82, 2.24) is 0 Å². The van der Waals surface area contributed by atoms with Crippen LogP contribution in [0, 0.1) is 0 Å². The van der Waals surface area contributed by atoms with Gasteiger partial charge in [0.2, 0.25) is 5.91 Å². The van der Waals surface area contributed by atoms with E-state index >= 15 is 0 Å². The normalized spacial score (nSPS) is 15.9. The van der Waals surface area contributed by atoms with Gasteiger partial charge in [0.1, 0.15) is 0 Å². The van der Waals surface area contributed by atoms with Gasteiger partial charge in [-0.1, -0.05) is 6.07 Å². The molecule has 1 unspecified atom stereocenters. The molecule has 1 aliphatic heterocycles. The fourth-order valence-electron chi connectivity index (χ4n) is 2.73. The molecule has 3 N–H and O–H groups in total. The third-order valence-corrected chi connectivity index (χ3v) is 3.67. The Labute approximate surface area is 125 Å². The lowest BCUT2D eigenvalue weighted by Gasteiger charge is -2.33. The van der Waals surface area contributed by atoms with Gasteiger partial charge in [0.25, 0.3) is 0 Å². The predicted octanol–water partition coefficient (Wildman–Crippen LogP) is 1.32. The number of hydrogen-bond donors (Lipinski definition) is 2. The Balaban J connectivity index is 2.11. The van der Waals surface area contributed by atoms with E-state index in [9.17, 15) is 9.90 Å². The van der Waals surface area contributed by atoms with E-state index in [1.165, 1.54) is 0 Å². The first kappa shape index (κ1) is 15.8. The monoisotopic (exact) mass is 292 g/mol. The van der Waals surface area contributed by atoms with E-state index in [0.717, 1.165) is 30.6 Å². The zero-order chi connectivity index (χ0) is 15.4. The number of fused-ring (bicyclic) bond motifs is 1. The summed E-state index contributed by atoms with van der Waals surface area (Å²) in [6, 6.07) is 5.59. The van der Waals surface area contributed by atoms with Crippen molar-refractivity contribution in [1.29, 1.82) is 0 Å². The summed E-state index contributed by atoms with van der Waals surface area (Å²) in [7, 11) is 0.